The molecule has 0 saturated carbocycles. The first-order valence-corrected chi connectivity index (χ1v) is 5.65. The number of nitrogens with two attached hydrogens (primary N) is 1. The van der Waals surface area contributed by atoms with Gasteiger partial charge in [0, 0.05) is 17.3 Å². The van der Waals surface area contributed by atoms with Crippen molar-refractivity contribution >= 4 is 23.2 Å². The van der Waals surface area contributed by atoms with Crippen LogP contribution in [-0.2, 0) is 4.74 Å². The van der Waals surface area contributed by atoms with E-state index in [1.54, 1.807) is 0 Å². The molecule has 0 aliphatic heterocycles. The van der Waals surface area contributed by atoms with Crippen LogP contribution in [-0.4, -0.2) is 31.8 Å². The Kier molecular flexibility index (Phi) is 5.44. The second kappa shape index (κ2) is 6.63. The molecule has 1 aromatic rings. The van der Waals surface area contributed by atoms with Gasteiger partial charge in [-0.3, -0.25) is 4.79 Å². The normalized spacial score (nSPS) is 11.4. The van der Waals surface area contributed by atoms with Crippen molar-refractivity contribution in [3.8, 4) is 0 Å². The lowest BCUT2D eigenvalue weighted by Gasteiger charge is -2.09. The van der Waals surface area contributed by atoms with Gasteiger partial charge < -0.3 is 15.8 Å². The fourth-order valence-electron chi connectivity index (χ4n) is 1.24. The molecule has 1 amide bonds. The average Bonchev–Trinajstić information content (AvgIpc) is 2.30. The summed E-state index contributed by atoms with van der Waals surface area (Å²) < 4.78 is 39.6. The van der Waals surface area contributed by atoms with Gasteiger partial charge in [-0.05, 0) is 18.2 Å². The molecule has 0 bridgehead atoms. The van der Waals surface area contributed by atoms with E-state index in [1.165, 1.54) is 18.2 Å². The van der Waals surface area contributed by atoms with Crippen LogP contribution in [0.3, 0.4) is 0 Å². The van der Waals surface area contributed by atoms with Crippen LogP contribution in [0.5, 0.6) is 0 Å². The molecule has 4 nitrogen and oxygen atoms in total. The quantitative estimate of drug-likeness (QED) is 0.647. The summed E-state index contributed by atoms with van der Waals surface area (Å²) in [5, 5.41) is 2.72. The molecule has 0 saturated heterocycles. The number of alkyl halides is 3. The Labute approximate surface area is 112 Å². The third kappa shape index (κ3) is 5.80. The van der Waals surface area contributed by atoms with Crippen molar-refractivity contribution in [1.29, 1.82) is 0 Å². The van der Waals surface area contributed by atoms with Gasteiger partial charge in [-0.2, -0.15) is 13.2 Å². The van der Waals surface area contributed by atoms with E-state index in [9.17, 15) is 18.0 Å². The standard InChI is InChI=1S/C11H12ClF3N2O2/c12-7-1-2-9(16)8(5-7)10(18)17-3-4-19-6-11(13,14)15/h1-2,5H,3-4,6,16H2,(H,17,18). The number of nitrogens with one attached hydrogen (secondary N) is 1. The number of carbonyl (C=O) groups is 1. The topological polar surface area (TPSA) is 64.4 Å². The van der Waals surface area contributed by atoms with Gasteiger partial charge in [0.25, 0.3) is 5.91 Å². The van der Waals surface area contributed by atoms with Gasteiger partial charge in [-0.25, -0.2) is 0 Å². The summed E-state index contributed by atoms with van der Waals surface area (Å²) in [4.78, 5) is 11.7. The third-order valence-corrected chi connectivity index (χ3v) is 2.29. The molecule has 0 unspecified atom stereocenters. The molecule has 19 heavy (non-hydrogen) atoms. The Morgan fingerprint density at radius 1 is 1.42 bits per heavy atom. The summed E-state index contributed by atoms with van der Waals surface area (Å²) in [7, 11) is 0. The van der Waals surface area contributed by atoms with Crippen molar-refractivity contribution < 1.29 is 22.7 Å². The summed E-state index contributed by atoms with van der Waals surface area (Å²) in [6.07, 6.45) is -4.37. The van der Waals surface area contributed by atoms with E-state index < -0.39 is 18.7 Å². The van der Waals surface area contributed by atoms with Gasteiger partial charge in [0.15, 0.2) is 0 Å². The zero-order chi connectivity index (χ0) is 14.5. The maximum atomic E-state index is 11.8. The lowest BCUT2D eigenvalue weighted by Crippen LogP contribution is -2.29. The molecule has 1 rings (SSSR count). The second-order valence-corrected chi connectivity index (χ2v) is 4.09. The van der Waals surface area contributed by atoms with E-state index in [0.717, 1.165) is 0 Å². The summed E-state index contributed by atoms with van der Waals surface area (Å²) >= 11 is 5.71. The van der Waals surface area contributed by atoms with E-state index >= 15 is 0 Å². The maximum absolute atomic E-state index is 11.8. The predicted molar refractivity (Wildman–Crippen MR) is 65.1 cm³/mol. The number of nitrogen functional groups attached to an aromatic ring is 1. The molecule has 0 aliphatic carbocycles. The van der Waals surface area contributed by atoms with Crippen molar-refractivity contribution in [2.45, 2.75) is 6.18 Å². The Bertz CT molecular complexity index is 452. The van der Waals surface area contributed by atoms with Gasteiger partial charge in [0.05, 0.1) is 12.2 Å². The Balaban J connectivity index is 2.38. The molecule has 0 spiro atoms. The lowest BCUT2D eigenvalue weighted by atomic mass is 10.1. The largest absolute Gasteiger partial charge is 0.411 e. The minimum Gasteiger partial charge on any atom is -0.398 e. The van der Waals surface area contributed by atoms with Crippen molar-refractivity contribution in [1.82, 2.24) is 5.32 Å². The van der Waals surface area contributed by atoms with Crippen LogP contribution in [0.15, 0.2) is 18.2 Å². The molecule has 3 N–H and O–H groups in total. The van der Waals surface area contributed by atoms with Crippen molar-refractivity contribution in [2.24, 2.45) is 0 Å². The molecule has 0 atom stereocenters. The van der Waals surface area contributed by atoms with Crippen LogP contribution < -0.4 is 11.1 Å². The van der Waals surface area contributed by atoms with E-state index in [4.69, 9.17) is 17.3 Å². The summed E-state index contributed by atoms with van der Waals surface area (Å²) in [6.45, 7) is -1.64. The molecule has 0 aliphatic rings. The van der Waals surface area contributed by atoms with Gasteiger partial charge in [0.2, 0.25) is 0 Å². The fourth-order valence-corrected chi connectivity index (χ4v) is 1.42. The molecular formula is C11H12ClF3N2O2. The van der Waals surface area contributed by atoms with E-state index in [-0.39, 0.29) is 24.4 Å². The Morgan fingerprint density at radius 3 is 2.74 bits per heavy atom. The number of halogens is 4. The molecule has 8 heteroatoms. The minimum atomic E-state index is -4.37. The molecule has 106 valence electrons. The minimum absolute atomic E-state index is 0.0547. The smallest absolute Gasteiger partial charge is 0.398 e. The zero-order valence-corrected chi connectivity index (χ0v) is 10.5. The van der Waals surface area contributed by atoms with Crippen LogP contribution in [0.4, 0.5) is 18.9 Å². The van der Waals surface area contributed by atoms with E-state index in [0.29, 0.717) is 5.02 Å². The van der Waals surface area contributed by atoms with Gasteiger partial charge in [-0.1, -0.05) is 11.6 Å². The van der Waals surface area contributed by atoms with Crippen LogP contribution in [0.2, 0.25) is 5.02 Å². The SMILES string of the molecule is Nc1ccc(Cl)cc1C(=O)NCCOCC(F)(F)F. The molecule has 1 aromatic carbocycles. The van der Waals surface area contributed by atoms with Gasteiger partial charge in [0.1, 0.15) is 6.61 Å². The number of benzene rings is 1. The van der Waals surface area contributed by atoms with Crippen LogP contribution in [0.1, 0.15) is 10.4 Å². The average molecular weight is 297 g/mol. The molecular weight excluding hydrogens is 285 g/mol. The molecule has 0 heterocycles. The summed E-state index contributed by atoms with van der Waals surface area (Å²) in [6, 6.07) is 4.38. The van der Waals surface area contributed by atoms with E-state index in [2.05, 4.69) is 10.1 Å². The number of rotatable bonds is 5. The van der Waals surface area contributed by atoms with Crippen LogP contribution in [0.25, 0.3) is 0 Å². The Morgan fingerprint density at radius 2 is 2.11 bits per heavy atom. The molecule has 0 fully saturated rings. The van der Waals surface area contributed by atoms with Gasteiger partial charge in [-0.15, -0.1) is 0 Å². The highest BCUT2D eigenvalue weighted by Crippen LogP contribution is 2.17. The third-order valence-electron chi connectivity index (χ3n) is 2.06. The molecule has 0 radical (unpaired) electrons. The van der Waals surface area contributed by atoms with Crippen molar-refractivity contribution in [3.63, 3.8) is 0 Å². The van der Waals surface area contributed by atoms with E-state index in [1.807, 2.05) is 0 Å². The highest BCUT2D eigenvalue weighted by atomic mass is 35.5. The number of hydrogen-bond donors (Lipinski definition) is 2. The van der Waals surface area contributed by atoms with Crippen LogP contribution >= 0.6 is 11.6 Å². The van der Waals surface area contributed by atoms with Crippen molar-refractivity contribution in [3.05, 3.63) is 28.8 Å². The first-order valence-electron chi connectivity index (χ1n) is 5.27. The number of amides is 1. The number of anilines is 1. The summed E-state index contributed by atoms with van der Waals surface area (Å²) in [5.74, 6) is -0.518. The van der Waals surface area contributed by atoms with Crippen LogP contribution in [0, 0.1) is 0 Å². The highest BCUT2D eigenvalue weighted by molar-refractivity contribution is 6.31. The highest BCUT2D eigenvalue weighted by Gasteiger charge is 2.27. The monoisotopic (exact) mass is 296 g/mol. The van der Waals surface area contributed by atoms with Crippen molar-refractivity contribution in [2.75, 3.05) is 25.5 Å². The first kappa shape index (κ1) is 15.6. The number of ether oxygens (including phenoxy) is 1. The second-order valence-electron chi connectivity index (χ2n) is 3.66. The fraction of sp³-hybridized carbons (Fsp3) is 0.364. The summed E-state index contributed by atoms with van der Waals surface area (Å²) in [5.41, 5.74) is 5.98. The van der Waals surface area contributed by atoms with Gasteiger partial charge >= 0.3 is 6.18 Å². The zero-order valence-electron chi connectivity index (χ0n) is 9.76. The Hall–Kier alpha value is -1.47. The lowest BCUT2D eigenvalue weighted by molar-refractivity contribution is -0.173. The molecule has 0 aromatic heterocycles. The maximum Gasteiger partial charge on any atom is 0.411 e. The first-order chi connectivity index (χ1) is 8.79. The predicted octanol–water partition coefficient (Wildman–Crippen LogP) is 2.23. The number of hydrogen-bond acceptors (Lipinski definition) is 3. The number of carbonyl (C=O) groups excluding carboxylic acids is 1.